The topological polar surface area (TPSA) is 39.7 Å². The molecule has 27 heavy (non-hydrogen) atoms. The summed E-state index contributed by atoms with van der Waals surface area (Å²) < 4.78 is 0. The lowest BCUT2D eigenvalue weighted by atomic mass is 10.1. The van der Waals surface area contributed by atoms with Crippen molar-refractivity contribution in [2.75, 3.05) is 49.1 Å². The highest BCUT2D eigenvalue weighted by Gasteiger charge is 2.27. The molecule has 0 bridgehead atoms. The maximum atomic E-state index is 13.2. The van der Waals surface area contributed by atoms with Crippen molar-refractivity contribution in [3.05, 3.63) is 53.2 Å². The third kappa shape index (κ3) is 3.51. The molecular weight excluding hydrogens is 336 g/mol. The largest absolute Gasteiger partial charge is 0.368 e. The summed E-state index contributed by atoms with van der Waals surface area (Å²) in [6.45, 7) is 9.57. The van der Waals surface area contributed by atoms with Crippen LogP contribution in [0.25, 0.3) is 0 Å². The summed E-state index contributed by atoms with van der Waals surface area (Å²) in [4.78, 5) is 24.3. The Morgan fingerprint density at radius 3 is 2.37 bits per heavy atom. The van der Waals surface area contributed by atoms with Crippen molar-refractivity contribution < 1.29 is 4.79 Å². The first-order valence-corrected chi connectivity index (χ1v) is 9.95. The van der Waals surface area contributed by atoms with E-state index in [9.17, 15) is 4.79 Å². The number of pyridine rings is 1. The molecule has 0 atom stereocenters. The SMILES string of the molecule is Cc1cccc(N2CCN(C(=O)c3cccnc3N3CCCC3)CC2)c1C. The second-order valence-electron chi connectivity index (χ2n) is 7.57. The van der Waals surface area contributed by atoms with Crippen LogP contribution in [0.2, 0.25) is 0 Å². The number of piperazine rings is 1. The molecule has 0 unspecified atom stereocenters. The summed E-state index contributed by atoms with van der Waals surface area (Å²) in [6, 6.07) is 10.3. The molecule has 1 aromatic heterocycles. The molecule has 2 saturated heterocycles. The van der Waals surface area contributed by atoms with Crippen LogP contribution in [0.3, 0.4) is 0 Å². The van der Waals surface area contributed by atoms with Gasteiger partial charge in [-0.1, -0.05) is 12.1 Å². The summed E-state index contributed by atoms with van der Waals surface area (Å²) >= 11 is 0. The molecular formula is C22H28N4O. The average molecular weight is 364 g/mol. The van der Waals surface area contributed by atoms with Gasteiger partial charge >= 0.3 is 0 Å². The number of anilines is 2. The van der Waals surface area contributed by atoms with Gasteiger partial charge in [0.25, 0.3) is 5.91 Å². The summed E-state index contributed by atoms with van der Waals surface area (Å²) in [5, 5.41) is 0. The second kappa shape index (κ2) is 7.59. The molecule has 142 valence electrons. The lowest BCUT2D eigenvalue weighted by molar-refractivity contribution is 0.0747. The van der Waals surface area contributed by atoms with Crippen molar-refractivity contribution in [2.45, 2.75) is 26.7 Å². The van der Waals surface area contributed by atoms with E-state index < -0.39 is 0 Å². The number of nitrogens with zero attached hydrogens (tertiary/aromatic N) is 4. The fourth-order valence-corrected chi connectivity index (χ4v) is 4.14. The number of carbonyl (C=O) groups is 1. The van der Waals surface area contributed by atoms with Gasteiger partial charge in [0.2, 0.25) is 0 Å². The van der Waals surface area contributed by atoms with Crippen LogP contribution in [-0.2, 0) is 0 Å². The van der Waals surface area contributed by atoms with Gasteiger partial charge in [0.1, 0.15) is 5.82 Å². The van der Waals surface area contributed by atoms with Crippen LogP contribution in [0.15, 0.2) is 36.5 Å². The quantitative estimate of drug-likeness (QED) is 0.838. The zero-order chi connectivity index (χ0) is 18.8. The molecule has 2 aromatic rings. The molecule has 1 amide bonds. The highest BCUT2D eigenvalue weighted by atomic mass is 16.2. The van der Waals surface area contributed by atoms with E-state index in [1.165, 1.54) is 29.7 Å². The Labute approximate surface area is 161 Å². The van der Waals surface area contributed by atoms with E-state index in [4.69, 9.17) is 0 Å². The summed E-state index contributed by atoms with van der Waals surface area (Å²) in [7, 11) is 0. The van der Waals surface area contributed by atoms with E-state index in [0.29, 0.717) is 0 Å². The van der Waals surface area contributed by atoms with Gasteiger partial charge in [0, 0.05) is 51.2 Å². The molecule has 0 radical (unpaired) electrons. The van der Waals surface area contributed by atoms with Crippen LogP contribution in [0.1, 0.15) is 34.3 Å². The predicted molar refractivity (Wildman–Crippen MR) is 110 cm³/mol. The molecule has 5 heteroatoms. The Morgan fingerprint density at radius 2 is 1.63 bits per heavy atom. The van der Waals surface area contributed by atoms with Crippen LogP contribution in [-0.4, -0.2) is 55.1 Å². The van der Waals surface area contributed by atoms with Crippen LogP contribution in [0.5, 0.6) is 0 Å². The Hall–Kier alpha value is -2.56. The van der Waals surface area contributed by atoms with Gasteiger partial charge < -0.3 is 14.7 Å². The number of hydrogen-bond donors (Lipinski definition) is 0. The number of amides is 1. The van der Waals surface area contributed by atoms with E-state index in [1.807, 2.05) is 17.0 Å². The normalized spacial score (nSPS) is 17.5. The molecule has 4 rings (SSSR count). The number of aromatic nitrogens is 1. The first kappa shape index (κ1) is 17.8. The predicted octanol–water partition coefficient (Wildman–Crippen LogP) is 3.26. The lowest BCUT2D eigenvalue weighted by Gasteiger charge is -2.37. The van der Waals surface area contributed by atoms with Crippen molar-refractivity contribution in [1.29, 1.82) is 0 Å². The minimum absolute atomic E-state index is 0.116. The smallest absolute Gasteiger partial charge is 0.257 e. The monoisotopic (exact) mass is 364 g/mol. The molecule has 3 heterocycles. The standard InChI is InChI=1S/C22H28N4O/c1-17-7-5-9-20(18(17)2)24-13-15-26(16-14-24)22(27)19-8-6-10-23-21(19)25-11-3-4-12-25/h5-10H,3-4,11-16H2,1-2H3. The molecule has 2 aliphatic heterocycles. The lowest BCUT2D eigenvalue weighted by Crippen LogP contribution is -2.49. The number of benzene rings is 1. The molecule has 1 aromatic carbocycles. The first-order chi connectivity index (χ1) is 13.1. The van der Waals surface area contributed by atoms with Crippen molar-refractivity contribution in [3.8, 4) is 0 Å². The van der Waals surface area contributed by atoms with Gasteiger partial charge in [0.05, 0.1) is 5.56 Å². The van der Waals surface area contributed by atoms with Crippen LogP contribution in [0.4, 0.5) is 11.5 Å². The fourth-order valence-electron chi connectivity index (χ4n) is 4.14. The Bertz CT molecular complexity index is 821. The number of aryl methyl sites for hydroxylation is 1. The third-order valence-corrected chi connectivity index (χ3v) is 5.91. The van der Waals surface area contributed by atoms with Crippen LogP contribution >= 0.6 is 0 Å². The van der Waals surface area contributed by atoms with E-state index in [0.717, 1.165) is 50.6 Å². The van der Waals surface area contributed by atoms with E-state index in [1.54, 1.807) is 6.20 Å². The fraction of sp³-hybridized carbons (Fsp3) is 0.455. The van der Waals surface area contributed by atoms with E-state index in [2.05, 4.69) is 46.8 Å². The van der Waals surface area contributed by atoms with E-state index in [-0.39, 0.29) is 5.91 Å². The minimum Gasteiger partial charge on any atom is -0.368 e. The number of hydrogen-bond acceptors (Lipinski definition) is 4. The molecule has 2 fully saturated rings. The summed E-state index contributed by atoms with van der Waals surface area (Å²) in [6.07, 6.45) is 4.15. The zero-order valence-corrected chi connectivity index (χ0v) is 16.3. The van der Waals surface area contributed by atoms with Crippen molar-refractivity contribution in [2.24, 2.45) is 0 Å². The van der Waals surface area contributed by atoms with Crippen molar-refractivity contribution >= 4 is 17.4 Å². The molecule has 0 spiro atoms. The minimum atomic E-state index is 0.116. The maximum Gasteiger partial charge on any atom is 0.257 e. The zero-order valence-electron chi connectivity index (χ0n) is 16.3. The van der Waals surface area contributed by atoms with Crippen molar-refractivity contribution in [1.82, 2.24) is 9.88 Å². The highest BCUT2D eigenvalue weighted by molar-refractivity contribution is 5.99. The molecule has 0 saturated carbocycles. The maximum absolute atomic E-state index is 13.2. The number of carbonyl (C=O) groups excluding carboxylic acids is 1. The summed E-state index contributed by atoms with van der Waals surface area (Å²) in [5.74, 6) is 0.975. The Balaban J connectivity index is 1.47. The third-order valence-electron chi connectivity index (χ3n) is 5.91. The Kier molecular flexibility index (Phi) is 5.01. The number of rotatable bonds is 3. The molecule has 0 aliphatic carbocycles. The second-order valence-corrected chi connectivity index (χ2v) is 7.57. The average Bonchev–Trinajstić information content (AvgIpc) is 3.24. The van der Waals surface area contributed by atoms with E-state index >= 15 is 0 Å². The first-order valence-electron chi connectivity index (χ1n) is 9.95. The van der Waals surface area contributed by atoms with Crippen LogP contribution < -0.4 is 9.80 Å². The molecule has 2 aliphatic rings. The van der Waals surface area contributed by atoms with Gasteiger partial charge in [-0.15, -0.1) is 0 Å². The van der Waals surface area contributed by atoms with Gasteiger partial charge in [-0.25, -0.2) is 4.98 Å². The Morgan fingerprint density at radius 1 is 0.889 bits per heavy atom. The molecule has 5 nitrogen and oxygen atoms in total. The van der Waals surface area contributed by atoms with Gasteiger partial charge in [-0.2, -0.15) is 0 Å². The van der Waals surface area contributed by atoms with Gasteiger partial charge in [0.15, 0.2) is 0 Å². The highest BCUT2D eigenvalue weighted by Crippen LogP contribution is 2.26. The van der Waals surface area contributed by atoms with Gasteiger partial charge in [-0.3, -0.25) is 4.79 Å². The summed E-state index contributed by atoms with van der Waals surface area (Å²) in [5.41, 5.74) is 4.69. The van der Waals surface area contributed by atoms with Crippen LogP contribution in [0, 0.1) is 13.8 Å². The van der Waals surface area contributed by atoms with Crippen molar-refractivity contribution in [3.63, 3.8) is 0 Å². The van der Waals surface area contributed by atoms with Gasteiger partial charge in [-0.05, 0) is 56.0 Å². The molecule has 0 N–H and O–H groups in total.